The van der Waals surface area contributed by atoms with Gasteiger partial charge in [0.25, 0.3) is 0 Å². The lowest BCUT2D eigenvalue weighted by Crippen LogP contribution is -2.03. The Morgan fingerprint density at radius 3 is 2.81 bits per heavy atom. The normalized spacial score (nSPS) is 10.4. The first kappa shape index (κ1) is 12.8. The van der Waals surface area contributed by atoms with Crippen molar-refractivity contribution in [1.82, 2.24) is 0 Å². The molecule has 1 aromatic rings. The van der Waals surface area contributed by atoms with Crippen molar-refractivity contribution in [1.29, 1.82) is 0 Å². The van der Waals surface area contributed by atoms with Gasteiger partial charge in [-0.2, -0.15) is 0 Å². The van der Waals surface area contributed by atoms with E-state index in [1.54, 1.807) is 0 Å². The average molecular weight is 243 g/mol. The molecule has 0 amide bonds. The lowest BCUT2D eigenvalue weighted by atomic mass is 10.2. The monoisotopic (exact) mass is 243 g/mol. The van der Waals surface area contributed by atoms with Crippen LogP contribution in [0.15, 0.2) is 17.0 Å². The molecule has 16 heavy (non-hydrogen) atoms. The van der Waals surface area contributed by atoms with Crippen molar-refractivity contribution in [3.8, 4) is 0 Å². The molecule has 0 bridgehead atoms. The molecule has 0 unspecified atom stereocenters. The zero-order chi connectivity index (χ0) is 12.1. The van der Waals surface area contributed by atoms with Gasteiger partial charge in [-0.15, -0.1) is 11.8 Å². The molecule has 0 aliphatic carbocycles. The maximum atomic E-state index is 13.4. The second-order valence-corrected chi connectivity index (χ2v) is 4.51. The molecule has 0 aromatic heterocycles. The van der Waals surface area contributed by atoms with E-state index in [-0.39, 0.29) is 11.3 Å². The fourth-order valence-corrected chi connectivity index (χ4v) is 2.24. The number of carboxylic acids is 1. The minimum absolute atomic E-state index is 0.0372. The second-order valence-electron chi connectivity index (χ2n) is 3.38. The van der Waals surface area contributed by atoms with E-state index in [1.807, 2.05) is 6.92 Å². The minimum Gasteiger partial charge on any atom is -0.478 e. The highest BCUT2D eigenvalue weighted by Gasteiger charge is 2.13. The van der Waals surface area contributed by atoms with Crippen LogP contribution >= 0.6 is 11.8 Å². The highest BCUT2D eigenvalue weighted by Crippen LogP contribution is 2.27. The van der Waals surface area contributed by atoms with E-state index < -0.39 is 11.8 Å². The van der Waals surface area contributed by atoms with Gasteiger partial charge < -0.3 is 10.8 Å². The van der Waals surface area contributed by atoms with Gasteiger partial charge in [-0.3, -0.25) is 0 Å². The molecule has 1 rings (SSSR count). The molecule has 0 radical (unpaired) electrons. The van der Waals surface area contributed by atoms with E-state index in [0.717, 1.165) is 24.7 Å². The van der Waals surface area contributed by atoms with Gasteiger partial charge in [0, 0.05) is 10.6 Å². The standard InChI is InChI=1S/C11H14FNO2S/c1-2-3-4-16-10-5-7(11(14)15)9(13)6-8(10)12/h5-6H,2-4,13H2,1H3,(H,14,15). The van der Waals surface area contributed by atoms with Crippen molar-refractivity contribution in [2.24, 2.45) is 0 Å². The number of halogens is 1. The highest BCUT2D eigenvalue weighted by molar-refractivity contribution is 7.99. The number of anilines is 1. The molecule has 0 atom stereocenters. The lowest BCUT2D eigenvalue weighted by Gasteiger charge is -2.06. The fourth-order valence-electron chi connectivity index (χ4n) is 1.19. The van der Waals surface area contributed by atoms with Crippen LogP contribution in [0.4, 0.5) is 10.1 Å². The number of aromatic carboxylic acids is 1. The van der Waals surface area contributed by atoms with Crippen LogP contribution in [-0.4, -0.2) is 16.8 Å². The van der Waals surface area contributed by atoms with Gasteiger partial charge in [-0.25, -0.2) is 9.18 Å². The molecule has 0 spiro atoms. The Kier molecular flexibility index (Phi) is 4.61. The highest BCUT2D eigenvalue weighted by atomic mass is 32.2. The Morgan fingerprint density at radius 1 is 1.56 bits per heavy atom. The zero-order valence-electron chi connectivity index (χ0n) is 9.00. The number of nitrogens with two attached hydrogens (primary N) is 1. The molecule has 0 aliphatic heterocycles. The summed E-state index contributed by atoms with van der Waals surface area (Å²) < 4.78 is 13.4. The predicted molar refractivity (Wildman–Crippen MR) is 63.4 cm³/mol. The smallest absolute Gasteiger partial charge is 0.337 e. The summed E-state index contributed by atoms with van der Waals surface area (Å²) in [5, 5.41) is 8.84. The number of thioether (sulfide) groups is 1. The third-order valence-electron chi connectivity index (χ3n) is 2.09. The summed E-state index contributed by atoms with van der Waals surface area (Å²) in [6.45, 7) is 2.04. The Balaban J connectivity index is 2.91. The van der Waals surface area contributed by atoms with E-state index in [0.29, 0.717) is 4.90 Å². The summed E-state index contributed by atoms with van der Waals surface area (Å²) in [4.78, 5) is 11.2. The lowest BCUT2D eigenvalue weighted by molar-refractivity contribution is 0.0697. The SMILES string of the molecule is CCCCSc1cc(C(=O)O)c(N)cc1F. The van der Waals surface area contributed by atoms with Crippen molar-refractivity contribution in [2.45, 2.75) is 24.7 Å². The maximum absolute atomic E-state index is 13.4. The first-order chi connectivity index (χ1) is 7.56. The number of carboxylic acid groups (broad SMARTS) is 1. The van der Waals surface area contributed by atoms with Crippen LogP contribution in [0.25, 0.3) is 0 Å². The molecular formula is C11H14FNO2S. The van der Waals surface area contributed by atoms with E-state index in [4.69, 9.17) is 10.8 Å². The van der Waals surface area contributed by atoms with Crippen LogP contribution in [0.1, 0.15) is 30.1 Å². The molecule has 88 valence electrons. The Labute approximate surface area is 97.8 Å². The van der Waals surface area contributed by atoms with Gasteiger partial charge in [-0.1, -0.05) is 13.3 Å². The summed E-state index contributed by atoms with van der Waals surface area (Å²) in [5.74, 6) is -0.811. The average Bonchev–Trinajstić information content (AvgIpc) is 2.21. The van der Waals surface area contributed by atoms with E-state index in [9.17, 15) is 9.18 Å². The van der Waals surface area contributed by atoms with Crippen LogP contribution in [0.3, 0.4) is 0 Å². The largest absolute Gasteiger partial charge is 0.478 e. The molecular weight excluding hydrogens is 229 g/mol. The predicted octanol–water partition coefficient (Wildman–Crippen LogP) is 3.00. The van der Waals surface area contributed by atoms with Gasteiger partial charge in [0.1, 0.15) is 5.82 Å². The van der Waals surface area contributed by atoms with Gasteiger partial charge >= 0.3 is 5.97 Å². The van der Waals surface area contributed by atoms with Crippen molar-refractivity contribution < 1.29 is 14.3 Å². The van der Waals surface area contributed by atoms with Crippen molar-refractivity contribution in [3.63, 3.8) is 0 Å². The molecule has 0 saturated heterocycles. The Bertz CT molecular complexity index is 396. The third kappa shape index (κ3) is 3.13. The molecule has 5 heteroatoms. The molecule has 3 nitrogen and oxygen atoms in total. The van der Waals surface area contributed by atoms with E-state index in [1.165, 1.54) is 17.8 Å². The van der Waals surface area contributed by atoms with Crippen LogP contribution in [0, 0.1) is 5.82 Å². The van der Waals surface area contributed by atoms with Crippen LogP contribution in [-0.2, 0) is 0 Å². The quantitative estimate of drug-likeness (QED) is 0.474. The van der Waals surface area contributed by atoms with Gasteiger partial charge in [0.2, 0.25) is 0 Å². The number of unbranched alkanes of at least 4 members (excludes halogenated alkanes) is 1. The third-order valence-corrected chi connectivity index (χ3v) is 3.21. The number of benzene rings is 1. The molecule has 0 aliphatic rings. The molecule has 1 aromatic carbocycles. The maximum Gasteiger partial charge on any atom is 0.337 e. The topological polar surface area (TPSA) is 63.3 Å². The summed E-state index contributed by atoms with van der Waals surface area (Å²) >= 11 is 1.32. The number of rotatable bonds is 5. The van der Waals surface area contributed by atoms with E-state index in [2.05, 4.69) is 0 Å². The molecule has 0 fully saturated rings. The summed E-state index contributed by atoms with van der Waals surface area (Å²) in [6.07, 6.45) is 1.99. The Hall–Kier alpha value is -1.23. The first-order valence-corrected chi connectivity index (χ1v) is 6.00. The van der Waals surface area contributed by atoms with Crippen LogP contribution < -0.4 is 5.73 Å². The molecule has 3 N–H and O–H groups in total. The van der Waals surface area contributed by atoms with Gasteiger partial charge in [0.15, 0.2) is 0 Å². The molecule has 0 heterocycles. The summed E-state index contributed by atoms with van der Waals surface area (Å²) in [5.41, 5.74) is 5.34. The van der Waals surface area contributed by atoms with Crippen molar-refractivity contribution >= 4 is 23.4 Å². The number of carbonyl (C=O) groups is 1. The van der Waals surface area contributed by atoms with Gasteiger partial charge in [-0.05, 0) is 24.3 Å². The van der Waals surface area contributed by atoms with Gasteiger partial charge in [0.05, 0.1) is 5.56 Å². The first-order valence-electron chi connectivity index (χ1n) is 5.01. The number of hydrogen-bond acceptors (Lipinski definition) is 3. The van der Waals surface area contributed by atoms with Crippen molar-refractivity contribution in [3.05, 3.63) is 23.5 Å². The van der Waals surface area contributed by atoms with Crippen LogP contribution in [0.5, 0.6) is 0 Å². The Morgan fingerprint density at radius 2 is 2.25 bits per heavy atom. The zero-order valence-corrected chi connectivity index (χ0v) is 9.81. The fraction of sp³-hybridized carbons (Fsp3) is 0.364. The number of hydrogen-bond donors (Lipinski definition) is 2. The molecule has 0 saturated carbocycles. The summed E-state index contributed by atoms with van der Waals surface area (Å²) in [6, 6.07) is 2.37. The summed E-state index contributed by atoms with van der Waals surface area (Å²) in [7, 11) is 0. The minimum atomic E-state index is -1.13. The van der Waals surface area contributed by atoms with Crippen molar-refractivity contribution in [2.75, 3.05) is 11.5 Å². The number of nitrogen functional groups attached to an aromatic ring is 1. The van der Waals surface area contributed by atoms with E-state index >= 15 is 0 Å². The second kappa shape index (κ2) is 5.75. The van der Waals surface area contributed by atoms with Crippen LogP contribution in [0.2, 0.25) is 0 Å².